The van der Waals surface area contributed by atoms with E-state index in [1.54, 1.807) is 18.2 Å². The Hall–Kier alpha value is -2.20. The summed E-state index contributed by atoms with van der Waals surface area (Å²) in [5.74, 6) is -0.673. The number of carbonyl (C=O) groups is 1. The average Bonchev–Trinajstić information content (AvgIpc) is 2.48. The summed E-state index contributed by atoms with van der Waals surface area (Å²) in [6.07, 6.45) is -0.0290. The number of nitrogens with one attached hydrogen (secondary N) is 1. The number of aryl methyl sites for hydroxylation is 1. The molecule has 1 amide bonds. The third-order valence-electron chi connectivity index (χ3n) is 3.51. The number of aliphatic hydroxyl groups excluding tert-OH is 1. The Morgan fingerprint density at radius 1 is 1.10 bits per heavy atom. The van der Waals surface area contributed by atoms with E-state index >= 15 is 0 Å². The van der Waals surface area contributed by atoms with E-state index in [4.69, 9.17) is 0 Å². The predicted octanol–water partition coefficient (Wildman–Crippen LogP) is 2.79. The van der Waals surface area contributed by atoms with Gasteiger partial charge in [-0.25, -0.2) is 4.39 Å². The molecule has 1 atom stereocenters. The molecule has 1 aliphatic rings. The van der Waals surface area contributed by atoms with Crippen molar-refractivity contribution < 1.29 is 14.3 Å². The molecule has 0 saturated heterocycles. The summed E-state index contributed by atoms with van der Waals surface area (Å²) in [6, 6.07) is 12.1. The SMILES string of the molecule is O=C1CCc2cc(C(O)c3ccccc3)cc(F)c2N1. The molecular formula is C16H14FNO2. The Bertz CT molecular complexity index is 655. The van der Waals surface area contributed by atoms with Crippen molar-refractivity contribution in [3.63, 3.8) is 0 Å². The second kappa shape index (κ2) is 5.06. The van der Waals surface area contributed by atoms with E-state index in [0.29, 0.717) is 24.0 Å². The van der Waals surface area contributed by atoms with Crippen molar-refractivity contribution >= 4 is 11.6 Å². The summed E-state index contributed by atoms with van der Waals surface area (Å²) in [4.78, 5) is 11.3. The third-order valence-corrected chi connectivity index (χ3v) is 3.51. The molecule has 2 aromatic carbocycles. The van der Waals surface area contributed by atoms with Crippen molar-refractivity contribution in [1.82, 2.24) is 0 Å². The molecule has 0 aromatic heterocycles. The number of amides is 1. The Labute approximate surface area is 116 Å². The molecule has 20 heavy (non-hydrogen) atoms. The summed E-state index contributed by atoms with van der Waals surface area (Å²) in [7, 11) is 0. The molecule has 0 radical (unpaired) electrons. The smallest absolute Gasteiger partial charge is 0.224 e. The summed E-state index contributed by atoms with van der Waals surface area (Å²) < 4.78 is 14.1. The van der Waals surface area contributed by atoms with Crippen molar-refractivity contribution in [3.8, 4) is 0 Å². The number of benzene rings is 2. The van der Waals surface area contributed by atoms with Crippen LogP contribution >= 0.6 is 0 Å². The van der Waals surface area contributed by atoms with Gasteiger partial charge in [0.15, 0.2) is 0 Å². The standard InChI is InChI=1S/C16H14FNO2/c17-13-9-12(16(20)10-4-2-1-3-5-10)8-11-6-7-14(19)18-15(11)13/h1-5,8-9,16,20H,6-7H2,(H,18,19). The van der Waals surface area contributed by atoms with Gasteiger partial charge in [-0.05, 0) is 29.2 Å². The van der Waals surface area contributed by atoms with Gasteiger partial charge in [0.05, 0.1) is 5.69 Å². The Morgan fingerprint density at radius 3 is 2.60 bits per heavy atom. The van der Waals surface area contributed by atoms with Gasteiger partial charge in [0.2, 0.25) is 5.91 Å². The third kappa shape index (κ3) is 2.30. The number of aliphatic hydroxyl groups is 1. The average molecular weight is 271 g/mol. The quantitative estimate of drug-likeness (QED) is 0.882. The molecule has 3 rings (SSSR count). The molecule has 0 fully saturated rings. The maximum atomic E-state index is 14.1. The Balaban J connectivity index is 2.00. The van der Waals surface area contributed by atoms with Crippen LogP contribution in [0, 0.1) is 5.82 Å². The lowest BCUT2D eigenvalue weighted by atomic mass is 9.95. The van der Waals surface area contributed by atoms with Gasteiger partial charge in [0.25, 0.3) is 0 Å². The van der Waals surface area contributed by atoms with Gasteiger partial charge in [0.1, 0.15) is 11.9 Å². The van der Waals surface area contributed by atoms with Crippen molar-refractivity contribution in [3.05, 3.63) is 65.0 Å². The Morgan fingerprint density at radius 2 is 1.85 bits per heavy atom. The molecule has 4 heteroatoms. The van der Waals surface area contributed by atoms with Gasteiger partial charge in [-0.15, -0.1) is 0 Å². The number of halogens is 1. The number of anilines is 1. The molecule has 1 aliphatic heterocycles. The first-order valence-corrected chi connectivity index (χ1v) is 6.50. The highest BCUT2D eigenvalue weighted by atomic mass is 19.1. The fourth-order valence-electron chi connectivity index (χ4n) is 2.46. The Kier molecular flexibility index (Phi) is 3.24. The molecule has 2 N–H and O–H groups in total. The minimum absolute atomic E-state index is 0.173. The van der Waals surface area contributed by atoms with Crippen LogP contribution < -0.4 is 5.32 Å². The number of carbonyl (C=O) groups excluding carboxylic acids is 1. The molecule has 1 unspecified atom stereocenters. The first-order valence-electron chi connectivity index (χ1n) is 6.50. The van der Waals surface area contributed by atoms with Crippen LogP contribution in [0.5, 0.6) is 0 Å². The van der Waals surface area contributed by atoms with Gasteiger partial charge in [0, 0.05) is 6.42 Å². The van der Waals surface area contributed by atoms with Crippen LogP contribution in [-0.4, -0.2) is 11.0 Å². The van der Waals surface area contributed by atoms with Gasteiger partial charge in [-0.2, -0.15) is 0 Å². The zero-order valence-electron chi connectivity index (χ0n) is 10.8. The maximum absolute atomic E-state index is 14.1. The molecule has 2 aromatic rings. The van der Waals surface area contributed by atoms with Crippen molar-refractivity contribution in [2.75, 3.05) is 5.32 Å². The highest BCUT2D eigenvalue weighted by molar-refractivity contribution is 5.94. The van der Waals surface area contributed by atoms with E-state index in [1.165, 1.54) is 6.07 Å². The molecule has 0 spiro atoms. The summed E-state index contributed by atoms with van der Waals surface area (Å²) in [6.45, 7) is 0. The van der Waals surface area contributed by atoms with Gasteiger partial charge in [-0.1, -0.05) is 36.4 Å². The van der Waals surface area contributed by atoms with Crippen LogP contribution in [0.15, 0.2) is 42.5 Å². The molecule has 0 aliphatic carbocycles. The van der Waals surface area contributed by atoms with Crippen LogP contribution in [0.2, 0.25) is 0 Å². The highest BCUT2D eigenvalue weighted by Crippen LogP contribution is 2.31. The first kappa shape index (κ1) is 12.8. The zero-order chi connectivity index (χ0) is 14.1. The van der Waals surface area contributed by atoms with Crippen molar-refractivity contribution in [2.45, 2.75) is 18.9 Å². The first-order chi connectivity index (χ1) is 9.65. The van der Waals surface area contributed by atoms with Gasteiger partial charge >= 0.3 is 0 Å². The van der Waals surface area contributed by atoms with Crippen LogP contribution in [0.25, 0.3) is 0 Å². The molecule has 1 heterocycles. The highest BCUT2D eigenvalue weighted by Gasteiger charge is 2.21. The van der Waals surface area contributed by atoms with Crippen molar-refractivity contribution in [2.24, 2.45) is 0 Å². The molecular weight excluding hydrogens is 257 g/mol. The van der Waals surface area contributed by atoms with E-state index < -0.39 is 11.9 Å². The minimum atomic E-state index is -0.867. The van der Waals surface area contributed by atoms with Crippen LogP contribution in [0.3, 0.4) is 0 Å². The van der Waals surface area contributed by atoms with Gasteiger partial charge in [-0.3, -0.25) is 4.79 Å². The number of fused-ring (bicyclic) bond motifs is 1. The predicted molar refractivity (Wildman–Crippen MR) is 73.9 cm³/mol. The zero-order valence-corrected chi connectivity index (χ0v) is 10.8. The van der Waals surface area contributed by atoms with Crippen LogP contribution in [-0.2, 0) is 11.2 Å². The van der Waals surface area contributed by atoms with E-state index in [0.717, 1.165) is 5.56 Å². The normalized spacial score (nSPS) is 15.4. The lowest BCUT2D eigenvalue weighted by Crippen LogP contribution is -2.20. The second-order valence-corrected chi connectivity index (χ2v) is 4.90. The van der Waals surface area contributed by atoms with Crippen molar-refractivity contribution in [1.29, 1.82) is 0 Å². The number of hydrogen-bond acceptors (Lipinski definition) is 2. The second-order valence-electron chi connectivity index (χ2n) is 4.90. The number of hydrogen-bond donors (Lipinski definition) is 2. The lowest BCUT2D eigenvalue weighted by Gasteiger charge is -2.20. The topological polar surface area (TPSA) is 49.3 Å². The minimum Gasteiger partial charge on any atom is -0.384 e. The van der Waals surface area contributed by atoms with E-state index in [9.17, 15) is 14.3 Å². The monoisotopic (exact) mass is 271 g/mol. The molecule has 3 nitrogen and oxygen atoms in total. The summed E-state index contributed by atoms with van der Waals surface area (Å²) in [5, 5.41) is 12.9. The molecule has 102 valence electrons. The fraction of sp³-hybridized carbons (Fsp3) is 0.188. The van der Waals surface area contributed by atoms with E-state index in [1.807, 2.05) is 18.2 Å². The maximum Gasteiger partial charge on any atom is 0.224 e. The summed E-state index contributed by atoms with van der Waals surface area (Å²) >= 11 is 0. The lowest BCUT2D eigenvalue weighted by molar-refractivity contribution is -0.116. The van der Waals surface area contributed by atoms with E-state index in [-0.39, 0.29) is 11.6 Å². The van der Waals surface area contributed by atoms with Gasteiger partial charge < -0.3 is 10.4 Å². The number of rotatable bonds is 2. The molecule has 0 saturated carbocycles. The summed E-state index contributed by atoms with van der Waals surface area (Å²) in [5.41, 5.74) is 2.19. The fourth-order valence-corrected chi connectivity index (χ4v) is 2.46. The molecule has 0 bridgehead atoms. The van der Waals surface area contributed by atoms with Crippen LogP contribution in [0.4, 0.5) is 10.1 Å². The largest absolute Gasteiger partial charge is 0.384 e. The van der Waals surface area contributed by atoms with Crippen LogP contribution in [0.1, 0.15) is 29.2 Å². The van der Waals surface area contributed by atoms with E-state index in [2.05, 4.69) is 5.32 Å².